The predicted molar refractivity (Wildman–Crippen MR) is 37.2 cm³/mol. The zero-order valence-electron chi connectivity index (χ0n) is 5.20. The summed E-state index contributed by atoms with van der Waals surface area (Å²) in [5, 5.41) is 0. The van der Waals surface area contributed by atoms with E-state index in [4.69, 9.17) is 4.65 Å². The topological polar surface area (TPSA) is 26.3 Å². The van der Waals surface area contributed by atoms with Gasteiger partial charge in [0.1, 0.15) is 5.76 Å². The van der Waals surface area contributed by atoms with E-state index in [1.54, 1.807) is 6.08 Å². The van der Waals surface area contributed by atoms with Gasteiger partial charge >= 0.3 is 7.48 Å². The summed E-state index contributed by atoms with van der Waals surface area (Å²) in [6.07, 6.45) is 7.08. The van der Waals surface area contributed by atoms with E-state index < -0.39 is 0 Å². The third-order valence-electron chi connectivity index (χ3n) is 1.41. The number of carbonyl (C=O) groups is 1. The molecule has 0 N–H and O–H groups in total. The lowest BCUT2D eigenvalue weighted by atomic mass is 9.88. The van der Waals surface area contributed by atoms with Crippen molar-refractivity contribution >= 4 is 13.2 Å². The van der Waals surface area contributed by atoms with Crippen molar-refractivity contribution in [1.82, 2.24) is 0 Å². The van der Waals surface area contributed by atoms with Crippen LogP contribution in [-0.4, -0.2) is 13.2 Å². The van der Waals surface area contributed by atoms with Crippen LogP contribution in [-0.2, 0) is 9.45 Å². The van der Waals surface area contributed by atoms with Crippen LogP contribution in [0.25, 0.3) is 0 Å². The molecule has 10 heavy (non-hydrogen) atoms. The number of carbonyl (C=O) groups excluding carboxylic acids is 1. The molecule has 2 nitrogen and oxygen atoms in total. The number of fused-ring (bicyclic) bond motifs is 1. The predicted octanol–water partition coefficient (Wildman–Crippen LogP) is 0.542. The molecule has 1 aliphatic heterocycles. The van der Waals surface area contributed by atoms with Gasteiger partial charge in [-0.2, -0.15) is 0 Å². The smallest absolute Gasteiger partial charge is 0.456 e. The van der Waals surface area contributed by atoms with Crippen molar-refractivity contribution in [1.29, 1.82) is 0 Å². The Morgan fingerprint density at radius 1 is 1.50 bits per heavy atom. The van der Waals surface area contributed by atoms with Gasteiger partial charge in [0.2, 0.25) is 0 Å². The molecule has 2 rings (SSSR count). The summed E-state index contributed by atoms with van der Waals surface area (Å²) in [6, 6.07) is 0. The first-order chi connectivity index (χ1) is 4.86. The van der Waals surface area contributed by atoms with Crippen molar-refractivity contribution < 1.29 is 9.45 Å². The SMILES string of the molecule is O=C1[B]OC2=CC=CC2=C1. The summed E-state index contributed by atoms with van der Waals surface area (Å²) in [5.41, 5.74) is 0.784. The molecule has 0 saturated carbocycles. The maximum atomic E-state index is 10.7. The Balaban J connectivity index is 2.43. The van der Waals surface area contributed by atoms with Gasteiger partial charge in [0, 0.05) is 5.57 Å². The van der Waals surface area contributed by atoms with Crippen LogP contribution >= 0.6 is 0 Å². The summed E-state index contributed by atoms with van der Waals surface area (Å²) in [6.45, 7) is 0. The third-order valence-corrected chi connectivity index (χ3v) is 1.41. The molecule has 0 aromatic carbocycles. The van der Waals surface area contributed by atoms with E-state index in [1.807, 2.05) is 18.2 Å². The molecule has 0 unspecified atom stereocenters. The van der Waals surface area contributed by atoms with Crippen LogP contribution in [0.15, 0.2) is 35.6 Å². The van der Waals surface area contributed by atoms with Crippen LogP contribution in [0.2, 0.25) is 0 Å². The fourth-order valence-corrected chi connectivity index (χ4v) is 0.953. The van der Waals surface area contributed by atoms with E-state index in [0.717, 1.165) is 11.3 Å². The lowest BCUT2D eigenvalue weighted by Crippen LogP contribution is -2.15. The van der Waals surface area contributed by atoms with E-state index >= 15 is 0 Å². The molecule has 1 heterocycles. The molecule has 0 spiro atoms. The zero-order valence-corrected chi connectivity index (χ0v) is 5.20. The minimum atomic E-state index is -0.0845. The van der Waals surface area contributed by atoms with Gasteiger partial charge in [-0.3, -0.25) is 0 Å². The van der Waals surface area contributed by atoms with E-state index in [0.29, 0.717) is 0 Å². The molecule has 0 fully saturated rings. The summed E-state index contributed by atoms with van der Waals surface area (Å²) < 4.78 is 4.97. The molecule has 3 heteroatoms. The molecular formula is C7H4BO2. The maximum Gasteiger partial charge on any atom is 0.456 e. The second-order valence-electron chi connectivity index (χ2n) is 2.13. The highest BCUT2D eigenvalue weighted by Gasteiger charge is 2.18. The van der Waals surface area contributed by atoms with E-state index in [1.165, 1.54) is 7.48 Å². The lowest BCUT2D eigenvalue weighted by Gasteiger charge is -2.10. The van der Waals surface area contributed by atoms with Gasteiger partial charge < -0.3 is 9.45 Å². The highest BCUT2D eigenvalue weighted by atomic mass is 16.4. The minimum absolute atomic E-state index is 0.0845. The quantitative estimate of drug-likeness (QED) is 0.448. The van der Waals surface area contributed by atoms with Crippen molar-refractivity contribution in [2.24, 2.45) is 0 Å². The second-order valence-corrected chi connectivity index (χ2v) is 2.13. The molecule has 0 saturated heterocycles. The standard InChI is InChI=1S/C7H4BO2/c9-7-4-5-2-1-3-6(5)10-8-7/h1-4H. The van der Waals surface area contributed by atoms with E-state index in [9.17, 15) is 4.79 Å². The monoisotopic (exact) mass is 131 g/mol. The highest BCUT2D eigenvalue weighted by Crippen LogP contribution is 2.21. The first-order valence-electron chi connectivity index (χ1n) is 3.00. The van der Waals surface area contributed by atoms with Gasteiger partial charge in [0.15, 0.2) is 5.68 Å². The fraction of sp³-hybridized carbons (Fsp3) is 0. The van der Waals surface area contributed by atoms with E-state index in [2.05, 4.69) is 0 Å². The Bertz CT molecular complexity index is 273. The number of rotatable bonds is 0. The fourth-order valence-electron chi connectivity index (χ4n) is 0.953. The van der Waals surface area contributed by atoms with Gasteiger partial charge in [0.05, 0.1) is 0 Å². The van der Waals surface area contributed by atoms with Gasteiger partial charge in [-0.25, -0.2) is 0 Å². The summed E-state index contributed by atoms with van der Waals surface area (Å²) in [5.74, 6) is 0.764. The van der Waals surface area contributed by atoms with Gasteiger partial charge in [-0.1, -0.05) is 12.2 Å². The Morgan fingerprint density at radius 2 is 2.40 bits per heavy atom. The van der Waals surface area contributed by atoms with Crippen LogP contribution in [0.3, 0.4) is 0 Å². The van der Waals surface area contributed by atoms with Crippen molar-refractivity contribution in [3.8, 4) is 0 Å². The maximum absolute atomic E-state index is 10.7. The first-order valence-corrected chi connectivity index (χ1v) is 3.00. The van der Waals surface area contributed by atoms with Crippen molar-refractivity contribution in [3.05, 3.63) is 35.6 Å². The van der Waals surface area contributed by atoms with Crippen LogP contribution in [0.4, 0.5) is 0 Å². The summed E-state index contributed by atoms with van der Waals surface area (Å²) in [4.78, 5) is 10.7. The average molecular weight is 131 g/mol. The summed E-state index contributed by atoms with van der Waals surface area (Å²) >= 11 is 0. The molecule has 0 amide bonds. The first kappa shape index (κ1) is 5.53. The van der Waals surface area contributed by atoms with Gasteiger partial charge in [0.25, 0.3) is 0 Å². The van der Waals surface area contributed by atoms with Gasteiger partial charge in [-0.15, -0.1) is 0 Å². The highest BCUT2D eigenvalue weighted by molar-refractivity contribution is 6.72. The zero-order chi connectivity index (χ0) is 6.97. The number of hydrogen-bond donors (Lipinski definition) is 0. The number of hydrogen-bond acceptors (Lipinski definition) is 2. The molecule has 0 bridgehead atoms. The lowest BCUT2D eigenvalue weighted by molar-refractivity contribution is -0.108. The van der Waals surface area contributed by atoms with Crippen LogP contribution < -0.4 is 0 Å². The Morgan fingerprint density at radius 3 is 3.30 bits per heavy atom. The molecule has 0 atom stereocenters. The Hall–Kier alpha value is -1.25. The Kier molecular flexibility index (Phi) is 1.03. The van der Waals surface area contributed by atoms with Crippen molar-refractivity contribution in [3.63, 3.8) is 0 Å². The molecule has 47 valence electrons. The van der Waals surface area contributed by atoms with Crippen LogP contribution in [0.5, 0.6) is 0 Å². The summed E-state index contributed by atoms with van der Waals surface area (Å²) in [7, 11) is 1.21. The van der Waals surface area contributed by atoms with Crippen LogP contribution in [0, 0.1) is 0 Å². The largest absolute Gasteiger partial charge is 0.555 e. The minimum Gasteiger partial charge on any atom is -0.555 e. The molecular weight excluding hydrogens is 127 g/mol. The Labute approximate surface area is 59.1 Å². The van der Waals surface area contributed by atoms with Crippen molar-refractivity contribution in [2.45, 2.75) is 0 Å². The normalized spacial score (nSPS) is 20.6. The van der Waals surface area contributed by atoms with E-state index in [-0.39, 0.29) is 5.68 Å². The molecule has 1 radical (unpaired) electrons. The van der Waals surface area contributed by atoms with Crippen molar-refractivity contribution in [2.75, 3.05) is 0 Å². The number of allylic oxidation sites excluding steroid dienone is 4. The van der Waals surface area contributed by atoms with Crippen LogP contribution in [0.1, 0.15) is 0 Å². The average Bonchev–Trinajstić information content (AvgIpc) is 2.33. The third kappa shape index (κ3) is 0.710. The molecule has 2 aliphatic rings. The molecule has 1 aliphatic carbocycles. The second kappa shape index (κ2) is 1.87. The van der Waals surface area contributed by atoms with Gasteiger partial charge in [-0.05, 0) is 12.2 Å². The molecule has 0 aromatic rings. The molecule has 0 aromatic heterocycles.